The van der Waals surface area contributed by atoms with Crippen molar-refractivity contribution in [2.45, 2.75) is 25.9 Å². The van der Waals surface area contributed by atoms with Crippen LogP contribution in [0.4, 0.5) is 22.7 Å². The van der Waals surface area contributed by atoms with Gasteiger partial charge in [-0.25, -0.2) is 0 Å². The Labute approximate surface area is 309 Å². The fourth-order valence-electron chi connectivity index (χ4n) is 4.76. The minimum atomic E-state index is -1.51. The summed E-state index contributed by atoms with van der Waals surface area (Å²) >= 11 is 13.2. The van der Waals surface area contributed by atoms with Crippen molar-refractivity contribution in [1.29, 1.82) is 0 Å². The van der Waals surface area contributed by atoms with Crippen LogP contribution in [-0.4, -0.2) is 63.9 Å². The molecule has 52 heavy (non-hydrogen) atoms. The zero-order valence-electron chi connectivity index (χ0n) is 28.9. The maximum Gasteiger partial charge on any atom is 0.259 e. The Hall–Kier alpha value is -5.86. The SMILES string of the molecule is COc1cccc(OC)c1NC(=O)C(N=Nc1ccc(-c2ccc(N=NC(C(C)=O)C(=O)Nc3c(OC)cccc3OC)c(Cl)c2Cl)cc1)C(C)=O. The zero-order chi connectivity index (χ0) is 37.9. The van der Waals surface area contributed by atoms with Gasteiger partial charge in [-0.15, -0.1) is 0 Å². The number of benzene rings is 4. The summed E-state index contributed by atoms with van der Waals surface area (Å²) in [4.78, 5) is 50.9. The number of amides is 2. The molecule has 0 aliphatic rings. The first-order valence-corrected chi connectivity index (χ1v) is 16.1. The number of carbonyl (C=O) groups is 4. The van der Waals surface area contributed by atoms with Crippen LogP contribution >= 0.6 is 23.2 Å². The van der Waals surface area contributed by atoms with Crippen molar-refractivity contribution in [2.75, 3.05) is 39.1 Å². The first-order chi connectivity index (χ1) is 24.9. The van der Waals surface area contributed by atoms with Gasteiger partial charge in [0.05, 0.1) is 44.2 Å². The number of nitrogens with zero attached hydrogens (tertiary/aromatic N) is 4. The second kappa shape index (κ2) is 17.9. The highest BCUT2D eigenvalue weighted by molar-refractivity contribution is 6.45. The molecule has 2 amide bonds. The van der Waals surface area contributed by atoms with Crippen molar-refractivity contribution >= 4 is 69.3 Å². The molecule has 4 aromatic rings. The number of ketones is 2. The van der Waals surface area contributed by atoms with Gasteiger partial charge in [0.25, 0.3) is 11.8 Å². The second-order valence-electron chi connectivity index (χ2n) is 10.8. The maximum absolute atomic E-state index is 13.1. The van der Waals surface area contributed by atoms with Crippen molar-refractivity contribution < 1.29 is 38.1 Å². The molecule has 0 radical (unpaired) electrons. The third-order valence-corrected chi connectivity index (χ3v) is 8.30. The van der Waals surface area contributed by atoms with Crippen LogP contribution in [0.5, 0.6) is 23.0 Å². The van der Waals surface area contributed by atoms with Gasteiger partial charge in [0.1, 0.15) is 40.1 Å². The summed E-state index contributed by atoms with van der Waals surface area (Å²) in [6, 6.07) is 16.7. The number of halogens is 2. The van der Waals surface area contributed by atoms with Crippen LogP contribution in [0, 0.1) is 0 Å². The third-order valence-electron chi connectivity index (χ3n) is 7.43. The molecule has 270 valence electrons. The van der Waals surface area contributed by atoms with Gasteiger partial charge in [-0.05, 0) is 61.9 Å². The van der Waals surface area contributed by atoms with E-state index in [9.17, 15) is 19.2 Å². The Bertz CT molecular complexity index is 1990. The van der Waals surface area contributed by atoms with Crippen LogP contribution in [0.3, 0.4) is 0 Å². The number of carbonyl (C=O) groups excluding carboxylic acids is 4. The first-order valence-electron chi connectivity index (χ1n) is 15.4. The van der Waals surface area contributed by atoms with Crippen LogP contribution in [0.25, 0.3) is 11.1 Å². The average Bonchev–Trinajstić information content (AvgIpc) is 3.13. The number of rotatable bonds is 15. The molecule has 0 aliphatic carbocycles. The van der Waals surface area contributed by atoms with E-state index in [0.717, 1.165) is 0 Å². The fourth-order valence-corrected chi connectivity index (χ4v) is 5.23. The molecular weight excluding hydrogens is 715 g/mol. The lowest BCUT2D eigenvalue weighted by atomic mass is 10.0. The molecule has 0 fully saturated rings. The van der Waals surface area contributed by atoms with E-state index in [0.29, 0.717) is 39.8 Å². The molecule has 4 aromatic carbocycles. The van der Waals surface area contributed by atoms with Crippen LogP contribution in [0.1, 0.15) is 13.8 Å². The molecular formula is C36H34Cl2N6O8. The van der Waals surface area contributed by atoms with Gasteiger partial charge >= 0.3 is 0 Å². The second-order valence-corrected chi connectivity index (χ2v) is 11.6. The summed E-state index contributed by atoms with van der Waals surface area (Å²) in [7, 11) is 5.74. The minimum absolute atomic E-state index is 0.0304. The lowest BCUT2D eigenvalue weighted by Crippen LogP contribution is -2.32. The summed E-state index contributed by atoms with van der Waals surface area (Å²) < 4.78 is 21.2. The average molecular weight is 750 g/mol. The molecule has 14 nitrogen and oxygen atoms in total. The monoisotopic (exact) mass is 748 g/mol. The lowest BCUT2D eigenvalue weighted by molar-refractivity contribution is -0.127. The molecule has 4 rings (SSSR count). The van der Waals surface area contributed by atoms with Gasteiger partial charge in [0.15, 0.2) is 11.6 Å². The number of Topliss-reactive ketones (excluding diaryl/α,β-unsaturated/α-hetero) is 2. The van der Waals surface area contributed by atoms with Crippen molar-refractivity contribution in [3.8, 4) is 34.1 Å². The summed E-state index contributed by atoms with van der Waals surface area (Å²) in [5.41, 5.74) is 2.13. The van der Waals surface area contributed by atoms with Gasteiger partial charge in [0.2, 0.25) is 12.1 Å². The molecule has 0 spiro atoms. The minimum Gasteiger partial charge on any atom is -0.494 e. The Morgan fingerprint density at radius 2 is 1.00 bits per heavy atom. The van der Waals surface area contributed by atoms with E-state index in [1.54, 1.807) is 66.7 Å². The standard InChI is InChI=1S/C36H34Cl2N6O8/c1-19(45)31(35(47)39-33-25(49-3)9-7-10-26(33)50-4)43-41-22-15-13-21(14-16-22)23-17-18-24(30(38)29(23)37)42-44-32(20(2)46)36(48)40-34-27(51-5)11-8-12-28(34)52-6/h7-18,31-32H,1-6H3,(H,39,47)(H,40,48). The number of ether oxygens (including phenoxy) is 4. The molecule has 0 saturated carbocycles. The molecule has 0 saturated heterocycles. The van der Waals surface area contributed by atoms with Gasteiger partial charge in [-0.1, -0.05) is 53.5 Å². The van der Waals surface area contributed by atoms with Gasteiger partial charge in [-0.2, -0.15) is 20.5 Å². The summed E-state index contributed by atoms with van der Waals surface area (Å²) in [6.45, 7) is 2.44. The van der Waals surface area contributed by atoms with E-state index in [-0.39, 0.29) is 27.1 Å². The van der Waals surface area contributed by atoms with Gasteiger partial charge in [-0.3, -0.25) is 19.2 Å². The Morgan fingerprint density at radius 3 is 1.40 bits per heavy atom. The molecule has 0 heterocycles. The highest BCUT2D eigenvalue weighted by atomic mass is 35.5. The van der Waals surface area contributed by atoms with E-state index < -0.39 is 35.5 Å². The highest BCUT2D eigenvalue weighted by Gasteiger charge is 2.27. The molecule has 0 bridgehead atoms. The van der Waals surface area contributed by atoms with Crippen molar-refractivity contribution in [3.63, 3.8) is 0 Å². The number of azo groups is 2. The number of hydrogen-bond donors (Lipinski definition) is 2. The number of hydrogen-bond acceptors (Lipinski definition) is 12. The van der Waals surface area contributed by atoms with Gasteiger partial charge < -0.3 is 29.6 Å². The largest absolute Gasteiger partial charge is 0.494 e. The Morgan fingerprint density at radius 1 is 0.577 bits per heavy atom. The number of para-hydroxylation sites is 2. The fraction of sp³-hybridized carbons (Fsp3) is 0.222. The van der Waals surface area contributed by atoms with Gasteiger partial charge in [0, 0.05) is 5.56 Å². The smallest absolute Gasteiger partial charge is 0.259 e. The summed E-state index contributed by atoms with van der Waals surface area (Å²) in [6.07, 6.45) is 0. The summed E-state index contributed by atoms with van der Waals surface area (Å²) in [5, 5.41) is 21.5. The predicted molar refractivity (Wildman–Crippen MR) is 196 cm³/mol. The van der Waals surface area contributed by atoms with E-state index in [2.05, 4.69) is 31.1 Å². The third kappa shape index (κ3) is 9.08. The molecule has 2 N–H and O–H groups in total. The maximum atomic E-state index is 13.1. The molecule has 0 aromatic heterocycles. The normalized spacial score (nSPS) is 12.2. The zero-order valence-corrected chi connectivity index (χ0v) is 30.4. The van der Waals surface area contributed by atoms with Crippen LogP contribution < -0.4 is 29.6 Å². The first kappa shape index (κ1) is 38.9. The lowest BCUT2D eigenvalue weighted by Gasteiger charge is -2.15. The Kier molecular flexibility index (Phi) is 13.4. The topological polar surface area (TPSA) is 179 Å². The molecule has 2 atom stereocenters. The van der Waals surface area contributed by atoms with E-state index >= 15 is 0 Å². The molecule has 16 heteroatoms. The van der Waals surface area contributed by atoms with E-state index in [1.807, 2.05) is 0 Å². The number of methoxy groups -OCH3 is 4. The van der Waals surface area contributed by atoms with Crippen molar-refractivity contribution in [3.05, 3.63) is 82.8 Å². The summed E-state index contributed by atoms with van der Waals surface area (Å²) in [5.74, 6) is -1.26. The quantitative estimate of drug-likeness (QED) is 0.0905. The molecule has 2 unspecified atom stereocenters. The highest BCUT2D eigenvalue weighted by Crippen LogP contribution is 2.41. The number of nitrogens with one attached hydrogen (secondary N) is 2. The van der Waals surface area contributed by atoms with Crippen molar-refractivity contribution in [1.82, 2.24) is 0 Å². The van der Waals surface area contributed by atoms with E-state index in [1.165, 1.54) is 48.4 Å². The van der Waals surface area contributed by atoms with Crippen LogP contribution in [-0.2, 0) is 19.2 Å². The Balaban J connectivity index is 1.50. The van der Waals surface area contributed by atoms with Crippen molar-refractivity contribution in [2.24, 2.45) is 20.5 Å². The number of anilines is 2. The molecule has 0 aliphatic heterocycles. The van der Waals surface area contributed by atoms with E-state index in [4.69, 9.17) is 42.1 Å². The van der Waals surface area contributed by atoms with Crippen LogP contribution in [0.15, 0.2) is 93.3 Å². The van der Waals surface area contributed by atoms with Crippen LogP contribution in [0.2, 0.25) is 10.0 Å². The predicted octanol–water partition coefficient (Wildman–Crippen LogP) is 8.05.